The van der Waals surface area contributed by atoms with Gasteiger partial charge in [0.15, 0.2) is 0 Å². The van der Waals surface area contributed by atoms with Crippen molar-refractivity contribution >= 4 is 27.5 Å². The lowest BCUT2D eigenvalue weighted by Crippen LogP contribution is -2.22. The molecule has 0 aliphatic heterocycles. The predicted molar refractivity (Wildman–Crippen MR) is 68.7 cm³/mol. The third-order valence-electron chi connectivity index (χ3n) is 2.22. The highest BCUT2D eigenvalue weighted by Crippen LogP contribution is 2.23. The Morgan fingerprint density at radius 3 is 2.73 bits per heavy atom. The molecule has 0 aliphatic carbocycles. The van der Waals surface area contributed by atoms with E-state index in [0.29, 0.717) is 0 Å². The van der Waals surface area contributed by atoms with Gasteiger partial charge in [-0.1, -0.05) is 22.9 Å². The van der Waals surface area contributed by atoms with Crippen molar-refractivity contribution in [2.24, 2.45) is 5.73 Å². The molecule has 0 spiro atoms. The van der Waals surface area contributed by atoms with Crippen molar-refractivity contribution in [2.45, 2.75) is 13.3 Å². The van der Waals surface area contributed by atoms with Crippen LogP contribution in [-0.4, -0.2) is 19.4 Å². The molecule has 0 radical (unpaired) electrons. The summed E-state index contributed by atoms with van der Waals surface area (Å²) in [6.45, 7) is 3.09. The monoisotopic (exact) mass is 269 g/mol. The maximum Gasteiger partial charge on any atom is 0.124 e. The number of halogens is 1. The Labute approximate surface area is 98.9 Å². The molecule has 4 heteroatoms. The summed E-state index contributed by atoms with van der Waals surface area (Å²) in [7, 11) is 2.01. The lowest BCUT2D eigenvalue weighted by Gasteiger charge is -2.21. The van der Waals surface area contributed by atoms with Gasteiger partial charge < -0.3 is 10.6 Å². The standard InChI is InChI=1S/C11H16BrN3/c1-3-6-15(2)10-5-4-8(12)7-9(10)11(13)14/h4-5,7H,3,6H2,1-2H3,(H3,13,14). The minimum atomic E-state index is 0.106. The van der Waals surface area contributed by atoms with E-state index in [1.54, 1.807) is 0 Å². The molecule has 0 heterocycles. The smallest absolute Gasteiger partial charge is 0.124 e. The third-order valence-corrected chi connectivity index (χ3v) is 2.71. The van der Waals surface area contributed by atoms with Gasteiger partial charge in [0.2, 0.25) is 0 Å². The fourth-order valence-electron chi connectivity index (χ4n) is 1.51. The number of amidine groups is 1. The molecule has 1 aromatic rings. The van der Waals surface area contributed by atoms with Gasteiger partial charge in [-0.2, -0.15) is 0 Å². The quantitative estimate of drug-likeness (QED) is 0.652. The first-order chi connectivity index (χ1) is 7.06. The second-order valence-electron chi connectivity index (χ2n) is 3.50. The van der Waals surface area contributed by atoms with Gasteiger partial charge in [0.1, 0.15) is 5.84 Å². The van der Waals surface area contributed by atoms with E-state index in [9.17, 15) is 0 Å². The molecular formula is C11H16BrN3. The van der Waals surface area contributed by atoms with Gasteiger partial charge in [-0.05, 0) is 24.6 Å². The third kappa shape index (κ3) is 2.96. The van der Waals surface area contributed by atoms with Crippen molar-refractivity contribution in [2.75, 3.05) is 18.5 Å². The predicted octanol–water partition coefficient (Wildman–Crippen LogP) is 2.58. The van der Waals surface area contributed by atoms with Crippen LogP contribution in [0.1, 0.15) is 18.9 Å². The number of rotatable bonds is 4. The number of nitrogen functional groups attached to an aromatic ring is 1. The van der Waals surface area contributed by atoms with E-state index in [2.05, 4.69) is 27.8 Å². The number of benzene rings is 1. The van der Waals surface area contributed by atoms with Crippen LogP contribution in [0.2, 0.25) is 0 Å². The lowest BCUT2D eigenvalue weighted by molar-refractivity contribution is 0.851. The van der Waals surface area contributed by atoms with Crippen molar-refractivity contribution < 1.29 is 0 Å². The summed E-state index contributed by atoms with van der Waals surface area (Å²) < 4.78 is 0.946. The van der Waals surface area contributed by atoms with Crippen LogP contribution in [0.15, 0.2) is 22.7 Å². The molecule has 82 valence electrons. The van der Waals surface area contributed by atoms with E-state index in [4.69, 9.17) is 11.1 Å². The van der Waals surface area contributed by atoms with Crippen LogP contribution in [0.3, 0.4) is 0 Å². The Kier molecular flexibility index (Phi) is 4.15. The number of nitrogens with zero attached hydrogens (tertiary/aromatic N) is 1. The minimum absolute atomic E-state index is 0.106. The fourth-order valence-corrected chi connectivity index (χ4v) is 1.87. The zero-order valence-corrected chi connectivity index (χ0v) is 10.6. The average Bonchev–Trinajstić information content (AvgIpc) is 2.17. The maximum atomic E-state index is 7.53. The molecule has 0 amide bonds. The molecule has 0 aromatic heterocycles. The average molecular weight is 270 g/mol. The Hall–Kier alpha value is -1.03. The summed E-state index contributed by atoms with van der Waals surface area (Å²) in [5.41, 5.74) is 7.34. The van der Waals surface area contributed by atoms with E-state index < -0.39 is 0 Å². The molecule has 0 aliphatic rings. The number of hydrogen-bond acceptors (Lipinski definition) is 2. The summed E-state index contributed by atoms with van der Waals surface area (Å²) in [5.74, 6) is 0.106. The van der Waals surface area contributed by atoms with Gasteiger partial charge >= 0.3 is 0 Å². The van der Waals surface area contributed by atoms with E-state index in [0.717, 1.165) is 28.7 Å². The molecule has 3 N–H and O–H groups in total. The molecule has 0 fully saturated rings. The van der Waals surface area contributed by atoms with Gasteiger partial charge in [0, 0.05) is 29.3 Å². The van der Waals surface area contributed by atoms with E-state index in [1.165, 1.54) is 0 Å². The fraction of sp³-hybridized carbons (Fsp3) is 0.364. The molecule has 0 atom stereocenters. The molecule has 0 bridgehead atoms. The summed E-state index contributed by atoms with van der Waals surface area (Å²) in [6.07, 6.45) is 1.07. The van der Waals surface area contributed by atoms with E-state index in [-0.39, 0.29) is 5.84 Å². The molecule has 3 nitrogen and oxygen atoms in total. The molecule has 15 heavy (non-hydrogen) atoms. The zero-order chi connectivity index (χ0) is 11.4. The number of nitrogens with two attached hydrogens (primary N) is 1. The number of nitrogens with one attached hydrogen (secondary N) is 1. The van der Waals surface area contributed by atoms with Crippen molar-refractivity contribution in [3.05, 3.63) is 28.2 Å². The van der Waals surface area contributed by atoms with E-state index >= 15 is 0 Å². The largest absolute Gasteiger partial charge is 0.384 e. The van der Waals surface area contributed by atoms with Gasteiger partial charge in [0.25, 0.3) is 0 Å². The Morgan fingerprint density at radius 1 is 1.53 bits per heavy atom. The molecule has 0 unspecified atom stereocenters. The highest BCUT2D eigenvalue weighted by Gasteiger charge is 2.09. The Bertz CT molecular complexity index is 363. The molecule has 0 saturated carbocycles. The molecule has 1 rings (SSSR count). The van der Waals surface area contributed by atoms with Crippen LogP contribution in [0.5, 0.6) is 0 Å². The topological polar surface area (TPSA) is 53.1 Å². The van der Waals surface area contributed by atoms with Crippen LogP contribution in [0.4, 0.5) is 5.69 Å². The minimum Gasteiger partial charge on any atom is -0.384 e. The van der Waals surface area contributed by atoms with Crippen molar-refractivity contribution in [1.82, 2.24) is 0 Å². The zero-order valence-electron chi connectivity index (χ0n) is 9.05. The van der Waals surface area contributed by atoms with Gasteiger partial charge in [-0.15, -0.1) is 0 Å². The first-order valence-corrected chi connectivity index (χ1v) is 5.70. The lowest BCUT2D eigenvalue weighted by atomic mass is 10.1. The van der Waals surface area contributed by atoms with E-state index in [1.807, 2.05) is 25.2 Å². The molecule has 0 saturated heterocycles. The highest BCUT2D eigenvalue weighted by atomic mass is 79.9. The first-order valence-electron chi connectivity index (χ1n) is 4.91. The SMILES string of the molecule is CCCN(C)c1ccc(Br)cc1C(=N)N. The Balaban J connectivity index is 3.10. The number of hydrogen-bond donors (Lipinski definition) is 2. The van der Waals surface area contributed by atoms with Crippen LogP contribution in [0.25, 0.3) is 0 Å². The van der Waals surface area contributed by atoms with Crippen molar-refractivity contribution in [3.8, 4) is 0 Å². The number of anilines is 1. The highest BCUT2D eigenvalue weighted by molar-refractivity contribution is 9.10. The summed E-state index contributed by atoms with van der Waals surface area (Å²) >= 11 is 3.38. The van der Waals surface area contributed by atoms with Gasteiger partial charge in [-0.25, -0.2) is 0 Å². The first kappa shape index (κ1) is 12.0. The summed E-state index contributed by atoms with van der Waals surface area (Å²) in [6, 6.07) is 5.83. The Morgan fingerprint density at radius 2 is 2.20 bits per heavy atom. The van der Waals surface area contributed by atoms with Crippen molar-refractivity contribution in [3.63, 3.8) is 0 Å². The van der Waals surface area contributed by atoms with Crippen molar-refractivity contribution in [1.29, 1.82) is 5.41 Å². The normalized spacial score (nSPS) is 10.1. The van der Waals surface area contributed by atoms with Crippen LogP contribution in [0, 0.1) is 5.41 Å². The van der Waals surface area contributed by atoms with Gasteiger partial charge in [-0.3, -0.25) is 5.41 Å². The van der Waals surface area contributed by atoms with Crippen LogP contribution >= 0.6 is 15.9 Å². The van der Waals surface area contributed by atoms with Crippen LogP contribution in [-0.2, 0) is 0 Å². The van der Waals surface area contributed by atoms with Gasteiger partial charge in [0.05, 0.1) is 0 Å². The summed E-state index contributed by atoms with van der Waals surface area (Å²) in [5, 5.41) is 7.53. The van der Waals surface area contributed by atoms with Crippen LogP contribution < -0.4 is 10.6 Å². The molecule has 1 aromatic carbocycles. The second-order valence-corrected chi connectivity index (χ2v) is 4.41. The molecular weight excluding hydrogens is 254 g/mol. The second kappa shape index (κ2) is 5.16. The maximum absolute atomic E-state index is 7.53. The summed E-state index contributed by atoms with van der Waals surface area (Å²) in [4.78, 5) is 2.11.